The van der Waals surface area contributed by atoms with Gasteiger partial charge in [-0.3, -0.25) is 0 Å². The summed E-state index contributed by atoms with van der Waals surface area (Å²) in [5.41, 5.74) is 5.35. The average Bonchev–Trinajstić information content (AvgIpc) is 2.41. The Balaban J connectivity index is 1.87. The van der Waals surface area contributed by atoms with Crippen LogP contribution >= 0.6 is 0 Å². The molecule has 8 heavy (non-hydrogen) atoms. The topological polar surface area (TPSA) is 35.2 Å². The number of nitrogens with two attached hydrogens (primary N) is 1. The van der Waals surface area contributed by atoms with Crippen molar-refractivity contribution in [3.05, 3.63) is 0 Å². The lowest BCUT2D eigenvalue weighted by molar-refractivity contribution is 0.0628. The Bertz CT molecular complexity index is 66.9. The van der Waals surface area contributed by atoms with Gasteiger partial charge in [0.1, 0.15) is 6.23 Å². The summed E-state index contributed by atoms with van der Waals surface area (Å²) in [6.45, 7) is 2.74. The molecule has 2 heteroatoms. The first kappa shape index (κ1) is 6.05. The second kappa shape index (κ2) is 2.46. The van der Waals surface area contributed by atoms with Crippen molar-refractivity contribution < 1.29 is 4.74 Å². The van der Waals surface area contributed by atoms with E-state index >= 15 is 0 Å². The number of rotatable bonds is 3. The predicted octanol–water partition coefficient (Wildman–Crippen LogP) is 0.718. The summed E-state index contributed by atoms with van der Waals surface area (Å²) in [4.78, 5) is 0. The predicted molar refractivity (Wildman–Crippen MR) is 32.3 cm³/mol. The molecule has 0 heterocycles. The van der Waals surface area contributed by atoms with Crippen LogP contribution in [0.5, 0.6) is 0 Å². The minimum atomic E-state index is -0.0735. The summed E-state index contributed by atoms with van der Waals surface area (Å²) < 4.78 is 5.14. The summed E-state index contributed by atoms with van der Waals surface area (Å²) in [6, 6.07) is 0. The van der Waals surface area contributed by atoms with E-state index in [1.165, 1.54) is 12.8 Å². The highest BCUT2D eigenvalue weighted by Gasteiger charge is 2.21. The van der Waals surface area contributed by atoms with E-state index in [4.69, 9.17) is 10.5 Å². The lowest BCUT2D eigenvalue weighted by Crippen LogP contribution is -2.20. The van der Waals surface area contributed by atoms with Gasteiger partial charge in [-0.1, -0.05) is 0 Å². The van der Waals surface area contributed by atoms with Crippen molar-refractivity contribution in [2.24, 2.45) is 11.7 Å². The van der Waals surface area contributed by atoms with Gasteiger partial charge in [0.25, 0.3) is 0 Å². The summed E-state index contributed by atoms with van der Waals surface area (Å²) >= 11 is 0. The highest BCUT2D eigenvalue weighted by molar-refractivity contribution is 4.72. The van der Waals surface area contributed by atoms with E-state index in [0.717, 1.165) is 12.5 Å². The van der Waals surface area contributed by atoms with Crippen molar-refractivity contribution in [3.8, 4) is 0 Å². The van der Waals surface area contributed by atoms with E-state index in [2.05, 4.69) is 0 Å². The number of ether oxygens (including phenoxy) is 1. The molecule has 0 saturated heterocycles. The number of hydrogen-bond acceptors (Lipinski definition) is 2. The maximum absolute atomic E-state index is 5.35. The molecule has 2 N–H and O–H groups in total. The van der Waals surface area contributed by atoms with Gasteiger partial charge in [0, 0.05) is 0 Å². The van der Waals surface area contributed by atoms with Crippen LogP contribution in [0.4, 0.5) is 0 Å². The van der Waals surface area contributed by atoms with Crippen molar-refractivity contribution in [3.63, 3.8) is 0 Å². The molecule has 48 valence electrons. The van der Waals surface area contributed by atoms with E-state index < -0.39 is 0 Å². The standard InChI is InChI=1S/C6H13NO/c1-5(7)8-4-6-2-3-6/h5-6H,2-4,7H2,1H3. The van der Waals surface area contributed by atoms with E-state index in [1.807, 2.05) is 6.92 Å². The number of hydrogen-bond donors (Lipinski definition) is 1. The molecule has 0 amide bonds. The quantitative estimate of drug-likeness (QED) is 0.550. The monoisotopic (exact) mass is 115 g/mol. The van der Waals surface area contributed by atoms with Gasteiger partial charge in [-0.25, -0.2) is 0 Å². The van der Waals surface area contributed by atoms with Crippen molar-refractivity contribution in [2.75, 3.05) is 6.61 Å². The van der Waals surface area contributed by atoms with Gasteiger partial charge >= 0.3 is 0 Å². The zero-order chi connectivity index (χ0) is 5.98. The zero-order valence-electron chi connectivity index (χ0n) is 5.26. The third-order valence-corrected chi connectivity index (χ3v) is 1.29. The van der Waals surface area contributed by atoms with Crippen LogP contribution in [0.2, 0.25) is 0 Å². The molecular formula is C6H13NO. The Labute approximate surface area is 50.0 Å². The molecule has 0 aromatic rings. The van der Waals surface area contributed by atoms with Gasteiger partial charge < -0.3 is 10.5 Å². The molecule has 0 radical (unpaired) electrons. The summed E-state index contributed by atoms with van der Waals surface area (Å²) in [7, 11) is 0. The first-order valence-corrected chi connectivity index (χ1v) is 3.16. The van der Waals surface area contributed by atoms with Gasteiger partial charge in [-0.15, -0.1) is 0 Å². The fourth-order valence-electron chi connectivity index (χ4n) is 0.572. The molecule has 1 unspecified atom stereocenters. The lowest BCUT2D eigenvalue weighted by Gasteiger charge is -2.04. The maximum atomic E-state index is 5.35. The minimum Gasteiger partial charge on any atom is -0.364 e. The van der Waals surface area contributed by atoms with E-state index in [-0.39, 0.29) is 6.23 Å². The van der Waals surface area contributed by atoms with Gasteiger partial charge in [-0.2, -0.15) is 0 Å². The smallest absolute Gasteiger partial charge is 0.102 e. The highest BCUT2D eigenvalue weighted by atomic mass is 16.5. The third-order valence-electron chi connectivity index (χ3n) is 1.29. The summed E-state index contributed by atoms with van der Waals surface area (Å²) in [5, 5.41) is 0. The Morgan fingerprint density at radius 2 is 2.38 bits per heavy atom. The van der Waals surface area contributed by atoms with Crippen LogP contribution in [0.15, 0.2) is 0 Å². The van der Waals surface area contributed by atoms with Crippen molar-refractivity contribution in [2.45, 2.75) is 26.0 Å². The summed E-state index contributed by atoms with van der Waals surface area (Å²) in [6.07, 6.45) is 2.61. The van der Waals surface area contributed by atoms with Crippen molar-refractivity contribution >= 4 is 0 Å². The molecule has 1 fully saturated rings. The molecule has 0 aliphatic heterocycles. The molecule has 1 saturated carbocycles. The van der Waals surface area contributed by atoms with Crippen LogP contribution in [0.1, 0.15) is 19.8 Å². The minimum absolute atomic E-state index is 0.0735. The SMILES string of the molecule is CC(N)OCC1CC1. The van der Waals surface area contributed by atoms with E-state index in [0.29, 0.717) is 0 Å². The fourth-order valence-corrected chi connectivity index (χ4v) is 0.572. The lowest BCUT2D eigenvalue weighted by atomic mass is 10.5. The first-order valence-electron chi connectivity index (χ1n) is 3.16. The fraction of sp³-hybridized carbons (Fsp3) is 1.00. The second-order valence-corrected chi connectivity index (χ2v) is 2.48. The van der Waals surface area contributed by atoms with Crippen LogP contribution in [0.25, 0.3) is 0 Å². The molecule has 0 bridgehead atoms. The van der Waals surface area contributed by atoms with E-state index in [9.17, 15) is 0 Å². The van der Waals surface area contributed by atoms with E-state index in [1.54, 1.807) is 0 Å². The second-order valence-electron chi connectivity index (χ2n) is 2.48. The normalized spacial score (nSPS) is 23.2. The van der Waals surface area contributed by atoms with Crippen molar-refractivity contribution in [1.29, 1.82) is 0 Å². The largest absolute Gasteiger partial charge is 0.364 e. The Kier molecular flexibility index (Phi) is 1.86. The van der Waals surface area contributed by atoms with Crippen LogP contribution in [0.3, 0.4) is 0 Å². The van der Waals surface area contributed by atoms with Crippen LogP contribution < -0.4 is 5.73 Å². The molecular weight excluding hydrogens is 102 g/mol. The molecule has 1 atom stereocenters. The molecule has 1 aliphatic rings. The molecule has 0 spiro atoms. The molecule has 0 aromatic carbocycles. The van der Waals surface area contributed by atoms with Gasteiger partial charge in [0.15, 0.2) is 0 Å². The maximum Gasteiger partial charge on any atom is 0.102 e. The molecule has 1 aliphatic carbocycles. The molecule has 1 rings (SSSR count). The summed E-state index contributed by atoms with van der Waals surface area (Å²) in [5.74, 6) is 0.834. The van der Waals surface area contributed by atoms with Crippen molar-refractivity contribution in [1.82, 2.24) is 0 Å². The van der Waals surface area contributed by atoms with Gasteiger partial charge in [0.05, 0.1) is 6.61 Å². The van der Waals surface area contributed by atoms with Gasteiger partial charge in [0.2, 0.25) is 0 Å². The Morgan fingerprint density at radius 3 is 2.75 bits per heavy atom. The highest BCUT2D eigenvalue weighted by Crippen LogP contribution is 2.28. The first-order chi connectivity index (χ1) is 3.79. The van der Waals surface area contributed by atoms with Crippen LogP contribution in [0, 0.1) is 5.92 Å². The Morgan fingerprint density at radius 1 is 1.75 bits per heavy atom. The third kappa shape index (κ3) is 2.28. The average molecular weight is 115 g/mol. The molecule has 0 aromatic heterocycles. The zero-order valence-corrected chi connectivity index (χ0v) is 5.26. The van der Waals surface area contributed by atoms with Crippen LogP contribution in [-0.4, -0.2) is 12.8 Å². The van der Waals surface area contributed by atoms with Gasteiger partial charge in [-0.05, 0) is 25.7 Å². The molecule has 2 nitrogen and oxygen atoms in total. The van der Waals surface area contributed by atoms with Crippen LogP contribution in [-0.2, 0) is 4.74 Å². The Hall–Kier alpha value is -0.0800.